The van der Waals surface area contributed by atoms with Crippen LogP contribution in [0.15, 0.2) is 24.3 Å². The summed E-state index contributed by atoms with van der Waals surface area (Å²) < 4.78 is 0. The molecule has 1 aromatic rings. The van der Waals surface area contributed by atoms with E-state index in [1.807, 2.05) is 18.2 Å². The molecule has 0 bridgehead atoms. The second-order valence-corrected chi connectivity index (χ2v) is 3.45. The molecule has 1 unspecified atom stereocenters. The largest absolute Gasteiger partial charge is 0.382 e. The average Bonchev–Trinajstić information content (AvgIpc) is 2.14. The van der Waals surface area contributed by atoms with Crippen molar-refractivity contribution < 1.29 is 0 Å². The maximum atomic E-state index is 8.42. The highest BCUT2D eigenvalue weighted by Gasteiger charge is 2.00. The van der Waals surface area contributed by atoms with Crippen LogP contribution in [0.3, 0.4) is 0 Å². The summed E-state index contributed by atoms with van der Waals surface area (Å²) in [7, 11) is 0. The molecule has 0 aromatic heterocycles. The summed E-state index contributed by atoms with van der Waals surface area (Å²) in [6.45, 7) is 0.415. The lowest BCUT2D eigenvalue weighted by molar-refractivity contribution is 1.08. The second kappa shape index (κ2) is 4.96. The first kappa shape index (κ1) is 10.2. The Morgan fingerprint density at radius 1 is 1.54 bits per heavy atom. The van der Waals surface area contributed by atoms with Gasteiger partial charge in [0.25, 0.3) is 0 Å². The Labute approximate surface area is 87.1 Å². The molecule has 0 radical (unpaired) electrons. The fourth-order valence-electron chi connectivity index (χ4n) is 0.852. The van der Waals surface area contributed by atoms with Crippen molar-refractivity contribution in [1.29, 1.82) is 5.26 Å². The molecule has 0 aliphatic heterocycles. The van der Waals surface area contributed by atoms with Gasteiger partial charge in [-0.2, -0.15) is 5.26 Å². The molecule has 1 N–H and O–H groups in total. The lowest BCUT2D eigenvalue weighted by Crippen LogP contribution is -2.11. The van der Waals surface area contributed by atoms with E-state index in [0.717, 1.165) is 5.69 Å². The molecular weight excluding hydrogens is 207 g/mol. The van der Waals surface area contributed by atoms with E-state index in [1.165, 1.54) is 0 Å². The summed E-state index contributed by atoms with van der Waals surface area (Å²) in [5.74, 6) is 0. The summed E-state index contributed by atoms with van der Waals surface area (Å²) >= 11 is 11.4. The van der Waals surface area contributed by atoms with Gasteiger partial charge >= 0.3 is 0 Å². The lowest BCUT2D eigenvalue weighted by Gasteiger charge is -2.05. The Morgan fingerprint density at radius 2 is 2.31 bits per heavy atom. The highest BCUT2D eigenvalue weighted by molar-refractivity contribution is 6.30. The van der Waals surface area contributed by atoms with Gasteiger partial charge in [0.15, 0.2) is 0 Å². The van der Waals surface area contributed by atoms with Gasteiger partial charge in [0.05, 0.1) is 6.07 Å². The summed E-state index contributed by atoms with van der Waals surface area (Å²) in [5, 5.41) is 11.6. The highest BCUT2D eigenvalue weighted by Crippen LogP contribution is 2.14. The summed E-state index contributed by atoms with van der Waals surface area (Å²) in [4.78, 5) is 0. The molecule has 0 heterocycles. The first-order valence-electron chi connectivity index (χ1n) is 3.75. The molecule has 1 aromatic carbocycles. The summed E-state index contributed by atoms with van der Waals surface area (Å²) in [6, 6.07) is 9.19. The van der Waals surface area contributed by atoms with Crippen LogP contribution in [0.1, 0.15) is 0 Å². The van der Waals surface area contributed by atoms with Crippen LogP contribution in [0.2, 0.25) is 5.02 Å². The van der Waals surface area contributed by atoms with E-state index in [0.29, 0.717) is 11.6 Å². The van der Waals surface area contributed by atoms with Crippen LogP contribution in [0.4, 0.5) is 5.69 Å². The van der Waals surface area contributed by atoms with Crippen LogP contribution < -0.4 is 5.32 Å². The van der Waals surface area contributed by atoms with Crippen molar-refractivity contribution in [2.75, 3.05) is 11.9 Å². The zero-order valence-electron chi connectivity index (χ0n) is 6.80. The second-order valence-electron chi connectivity index (χ2n) is 2.49. The molecule has 2 nitrogen and oxygen atoms in total. The van der Waals surface area contributed by atoms with Crippen molar-refractivity contribution in [3.05, 3.63) is 29.3 Å². The topological polar surface area (TPSA) is 35.8 Å². The molecule has 0 saturated heterocycles. The highest BCUT2D eigenvalue weighted by atomic mass is 35.5. The first-order chi connectivity index (χ1) is 6.22. The van der Waals surface area contributed by atoms with E-state index in [9.17, 15) is 0 Å². The Hall–Kier alpha value is -0.910. The molecule has 0 aliphatic carbocycles. The van der Waals surface area contributed by atoms with Crippen LogP contribution in [-0.4, -0.2) is 11.9 Å². The first-order valence-corrected chi connectivity index (χ1v) is 4.57. The molecule has 68 valence electrons. The summed E-state index contributed by atoms with van der Waals surface area (Å²) in [5.41, 5.74) is 0.869. The molecule has 0 spiro atoms. The SMILES string of the molecule is N#CC(Cl)CNc1cccc(Cl)c1. The Balaban J connectivity index is 2.51. The number of nitrogens with zero attached hydrogens (tertiary/aromatic N) is 1. The van der Waals surface area contributed by atoms with Crippen LogP contribution in [0, 0.1) is 11.3 Å². The number of rotatable bonds is 3. The van der Waals surface area contributed by atoms with Gasteiger partial charge in [-0.25, -0.2) is 0 Å². The monoisotopic (exact) mass is 214 g/mol. The molecule has 13 heavy (non-hydrogen) atoms. The van der Waals surface area contributed by atoms with Crippen molar-refractivity contribution in [1.82, 2.24) is 0 Å². The quantitative estimate of drug-likeness (QED) is 0.787. The number of nitriles is 1. The van der Waals surface area contributed by atoms with Crippen LogP contribution >= 0.6 is 23.2 Å². The van der Waals surface area contributed by atoms with Gasteiger partial charge in [-0.1, -0.05) is 17.7 Å². The predicted octanol–water partition coefficient (Wildman–Crippen LogP) is 2.88. The number of benzene rings is 1. The fourth-order valence-corrected chi connectivity index (χ4v) is 1.12. The average molecular weight is 215 g/mol. The van der Waals surface area contributed by atoms with Crippen molar-refractivity contribution in [3.63, 3.8) is 0 Å². The number of hydrogen-bond donors (Lipinski definition) is 1. The maximum Gasteiger partial charge on any atom is 0.137 e. The van der Waals surface area contributed by atoms with E-state index >= 15 is 0 Å². The van der Waals surface area contributed by atoms with Crippen LogP contribution in [0.5, 0.6) is 0 Å². The van der Waals surface area contributed by atoms with Crippen LogP contribution in [-0.2, 0) is 0 Å². The smallest absolute Gasteiger partial charge is 0.137 e. The Bertz CT molecular complexity index is 320. The lowest BCUT2D eigenvalue weighted by atomic mass is 10.3. The third-order valence-corrected chi connectivity index (χ3v) is 1.94. The zero-order valence-corrected chi connectivity index (χ0v) is 8.31. The normalized spacial score (nSPS) is 11.8. The summed E-state index contributed by atoms with van der Waals surface area (Å²) in [6.07, 6.45) is 0. The third kappa shape index (κ3) is 3.54. The minimum absolute atomic E-state index is 0.415. The molecule has 4 heteroatoms. The van der Waals surface area contributed by atoms with Gasteiger partial charge in [0.2, 0.25) is 0 Å². The van der Waals surface area contributed by atoms with Gasteiger partial charge in [0.1, 0.15) is 5.38 Å². The molecule has 0 fully saturated rings. The number of alkyl halides is 1. The molecule has 0 aliphatic rings. The Kier molecular flexibility index (Phi) is 3.88. The van der Waals surface area contributed by atoms with Crippen molar-refractivity contribution >= 4 is 28.9 Å². The van der Waals surface area contributed by atoms with Crippen molar-refractivity contribution in [2.45, 2.75) is 5.38 Å². The predicted molar refractivity (Wildman–Crippen MR) is 55.2 cm³/mol. The number of anilines is 1. The number of nitrogens with one attached hydrogen (secondary N) is 1. The molecule has 0 amide bonds. The standard InChI is InChI=1S/C9H8Cl2N2/c10-7-2-1-3-9(4-7)13-6-8(11)5-12/h1-4,8,13H,6H2. The van der Waals surface area contributed by atoms with Gasteiger partial charge < -0.3 is 5.32 Å². The van der Waals surface area contributed by atoms with E-state index in [2.05, 4.69) is 5.32 Å². The number of hydrogen-bond acceptors (Lipinski definition) is 2. The minimum Gasteiger partial charge on any atom is -0.382 e. The molecular formula is C9H8Cl2N2. The zero-order chi connectivity index (χ0) is 9.68. The van der Waals surface area contributed by atoms with Gasteiger partial charge in [-0.3, -0.25) is 0 Å². The third-order valence-electron chi connectivity index (χ3n) is 1.45. The van der Waals surface area contributed by atoms with E-state index in [1.54, 1.807) is 12.1 Å². The van der Waals surface area contributed by atoms with E-state index < -0.39 is 5.38 Å². The van der Waals surface area contributed by atoms with E-state index in [-0.39, 0.29) is 0 Å². The number of halogens is 2. The van der Waals surface area contributed by atoms with Gasteiger partial charge in [-0.05, 0) is 18.2 Å². The maximum absolute atomic E-state index is 8.42. The van der Waals surface area contributed by atoms with Gasteiger partial charge in [0, 0.05) is 17.3 Å². The Morgan fingerprint density at radius 3 is 2.92 bits per heavy atom. The fraction of sp³-hybridized carbons (Fsp3) is 0.222. The van der Waals surface area contributed by atoms with Gasteiger partial charge in [-0.15, -0.1) is 11.6 Å². The van der Waals surface area contributed by atoms with Crippen molar-refractivity contribution in [3.8, 4) is 6.07 Å². The van der Waals surface area contributed by atoms with Crippen molar-refractivity contribution in [2.24, 2.45) is 0 Å². The van der Waals surface area contributed by atoms with E-state index in [4.69, 9.17) is 28.5 Å². The molecule has 0 saturated carbocycles. The molecule has 1 rings (SSSR count). The minimum atomic E-state index is -0.515. The molecule has 1 atom stereocenters. The van der Waals surface area contributed by atoms with Crippen LogP contribution in [0.25, 0.3) is 0 Å².